The number of hydrogen-bond acceptors (Lipinski definition) is 5. The number of methoxy groups -OCH3 is 1. The van der Waals surface area contributed by atoms with Crippen LogP contribution < -0.4 is 9.47 Å². The van der Waals surface area contributed by atoms with E-state index in [4.69, 9.17) is 4.74 Å². The molecule has 5 nitrogen and oxygen atoms in total. The highest BCUT2D eigenvalue weighted by Crippen LogP contribution is 2.44. The van der Waals surface area contributed by atoms with Gasteiger partial charge in [-0.05, 0) is 37.0 Å². The lowest BCUT2D eigenvalue weighted by molar-refractivity contribution is -0.147. The van der Waals surface area contributed by atoms with Crippen molar-refractivity contribution in [3.05, 3.63) is 23.8 Å². The molecule has 0 unspecified atom stereocenters. The first kappa shape index (κ1) is 19.8. The predicted molar refractivity (Wildman–Crippen MR) is 81.0 cm³/mol. The SMILES string of the molecule is COC(=O)[C@@H]1CCC[C@@](C#N)(c2ccc(OC(F)F)c(OC(F)F)c2)C1. The van der Waals surface area contributed by atoms with Crippen molar-refractivity contribution >= 4 is 5.97 Å². The second-order valence-corrected chi connectivity index (χ2v) is 5.93. The van der Waals surface area contributed by atoms with Gasteiger partial charge in [0.05, 0.1) is 24.5 Å². The summed E-state index contributed by atoms with van der Waals surface area (Å²) in [4.78, 5) is 11.8. The maximum atomic E-state index is 12.6. The van der Waals surface area contributed by atoms with E-state index in [0.29, 0.717) is 24.8 Å². The number of benzene rings is 1. The number of nitrogens with zero attached hydrogens (tertiary/aromatic N) is 1. The molecule has 2 atom stereocenters. The minimum absolute atomic E-state index is 0.138. The zero-order chi connectivity index (χ0) is 19.3. The zero-order valence-corrected chi connectivity index (χ0v) is 13.9. The molecule has 1 saturated carbocycles. The smallest absolute Gasteiger partial charge is 0.387 e. The van der Waals surface area contributed by atoms with Crippen LogP contribution in [0.4, 0.5) is 17.6 Å². The number of carbonyl (C=O) groups is 1. The molecule has 0 radical (unpaired) electrons. The number of ether oxygens (including phenoxy) is 3. The first-order chi connectivity index (χ1) is 12.3. The topological polar surface area (TPSA) is 68.6 Å². The van der Waals surface area contributed by atoms with Gasteiger partial charge in [-0.3, -0.25) is 4.79 Å². The predicted octanol–water partition coefficient (Wildman–Crippen LogP) is 4.01. The number of esters is 1. The molecule has 0 bridgehead atoms. The number of halogens is 4. The Morgan fingerprint density at radius 3 is 2.46 bits per heavy atom. The molecular weight excluding hydrogens is 358 g/mol. The van der Waals surface area contributed by atoms with Gasteiger partial charge in [0.1, 0.15) is 0 Å². The van der Waals surface area contributed by atoms with E-state index in [1.807, 2.05) is 0 Å². The highest BCUT2D eigenvalue weighted by atomic mass is 19.3. The Morgan fingerprint density at radius 1 is 1.23 bits per heavy atom. The Labute approximate surface area is 147 Å². The molecule has 0 N–H and O–H groups in total. The maximum Gasteiger partial charge on any atom is 0.387 e. The Bertz CT molecular complexity index is 692. The molecule has 1 aromatic rings. The van der Waals surface area contributed by atoms with Crippen LogP contribution in [0.15, 0.2) is 18.2 Å². The first-order valence-electron chi connectivity index (χ1n) is 7.84. The summed E-state index contributed by atoms with van der Waals surface area (Å²) in [6, 6.07) is 5.64. The van der Waals surface area contributed by atoms with Gasteiger partial charge in [0.15, 0.2) is 11.5 Å². The molecule has 0 saturated heterocycles. The van der Waals surface area contributed by atoms with Crippen molar-refractivity contribution in [1.82, 2.24) is 0 Å². The number of carbonyl (C=O) groups excluding carboxylic acids is 1. The van der Waals surface area contributed by atoms with Gasteiger partial charge in [-0.15, -0.1) is 0 Å². The molecular formula is C17H17F4NO4. The quantitative estimate of drug-likeness (QED) is 0.555. The third kappa shape index (κ3) is 4.36. The van der Waals surface area contributed by atoms with E-state index in [9.17, 15) is 27.6 Å². The Morgan fingerprint density at radius 2 is 1.88 bits per heavy atom. The molecule has 1 aliphatic carbocycles. The second kappa shape index (κ2) is 8.25. The molecule has 26 heavy (non-hydrogen) atoms. The molecule has 0 aromatic heterocycles. The molecule has 1 aromatic carbocycles. The summed E-state index contributed by atoms with van der Waals surface area (Å²) in [5.74, 6) is -2.11. The van der Waals surface area contributed by atoms with Crippen LogP contribution in [0, 0.1) is 17.2 Å². The van der Waals surface area contributed by atoms with E-state index in [2.05, 4.69) is 15.5 Å². The van der Waals surface area contributed by atoms with E-state index < -0.39 is 42.0 Å². The van der Waals surface area contributed by atoms with Gasteiger partial charge < -0.3 is 14.2 Å². The molecule has 142 valence electrons. The van der Waals surface area contributed by atoms with Crippen molar-refractivity contribution < 1.29 is 36.6 Å². The number of rotatable bonds is 6. The lowest BCUT2D eigenvalue weighted by Gasteiger charge is -2.35. The van der Waals surface area contributed by atoms with E-state index in [-0.39, 0.29) is 6.42 Å². The van der Waals surface area contributed by atoms with E-state index in [1.165, 1.54) is 13.2 Å². The van der Waals surface area contributed by atoms with Crippen LogP contribution in [-0.2, 0) is 14.9 Å². The molecule has 0 heterocycles. The lowest BCUT2D eigenvalue weighted by atomic mass is 9.66. The maximum absolute atomic E-state index is 12.6. The molecule has 1 aliphatic rings. The molecule has 0 amide bonds. The summed E-state index contributed by atoms with van der Waals surface area (Å²) in [6.45, 7) is -6.47. The summed E-state index contributed by atoms with van der Waals surface area (Å²) in [6.07, 6.45) is 1.62. The van der Waals surface area contributed by atoms with Crippen molar-refractivity contribution in [3.8, 4) is 17.6 Å². The minimum atomic E-state index is -3.25. The molecule has 0 aliphatic heterocycles. The minimum Gasteiger partial charge on any atom is -0.469 e. The van der Waals surface area contributed by atoms with Crippen molar-refractivity contribution in [2.45, 2.75) is 44.3 Å². The van der Waals surface area contributed by atoms with Crippen LogP contribution in [0.5, 0.6) is 11.5 Å². The molecule has 2 rings (SSSR count). The summed E-state index contributed by atoms with van der Waals surface area (Å²) in [5.41, 5.74) is -0.841. The Balaban J connectivity index is 2.40. The van der Waals surface area contributed by atoms with Gasteiger partial charge in [0, 0.05) is 0 Å². The van der Waals surface area contributed by atoms with Crippen molar-refractivity contribution in [2.75, 3.05) is 7.11 Å². The van der Waals surface area contributed by atoms with Crippen molar-refractivity contribution in [3.63, 3.8) is 0 Å². The summed E-state index contributed by atoms with van der Waals surface area (Å²) in [5, 5.41) is 9.71. The van der Waals surface area contributed by atoms with Crippen molar-refractivity contribution in [1.29, 1.82) is 5.26 Å². The monoisotopic (exact) mass is 375 g/mol. The number of hydrogen-bond donors (Lipinski definition) is 0. The largest absolute Gasteiger partial charge is 0.469 e. The van der Waals surface area contributed by atoms with Crippen LogP contribution in [0.2, 0.25) is 0 Å². The summed E-state index contributed by atoms with van der Waals surface area (Å²) in [7, 11) is 1.25. The highest BCUT2D eigenvalue weighted by molar-refractivity contribution is 5.73. The van der Waals surface area contributed by atoms with Gasteiger partial charge in [0.25, 0.3) is 0 Å². The van der Waals surface area contributed by atoms with Crippen LogP contribution >= 0.6 is 0 Å². The van der Waals surface area contributed by atoms with Gasteiger partial charge in [-0.25, -0.2) is 0 Å². The van der Waals surface area contributed by atoms with Gasteiger partial charge in [-0.1, -0.05) is 12.5 Å². The van der Waals surface area contributed by atoms with Crippen LogP contribution in [-0.4, -0.2) is 26.3 Å². The number of alkyl halides is 4. The summed E-state index contributed by atoms with van der Waals surface area (Å²) >= 11 is 0. The Kier molecular flexibility index (Phi) is 6.29. The molecule has 9 heteroatoms. The van der Waals surface area contributed by atoms with Crippen LogP contribution in [0.3, 0.4) is 0 Å². The second-order valence-electron chi connectivity index (χ2n) is 5.93. The fraction of sp³-hybridized carbons (Fsp3) is 0.529. The highest BCUT2D eigenvalue weighted by Gasteiger charge is 2.41. The van der Waals surface area contributed by atoms with Crippen LogP contribution in [0.1, 0.15) is 31.2 Å². The first-order valence-corrected chi connectivity index (χ1v) is 7.84. The lowest BCUT2D eigenvalue weighted by Crippen LogP contribution is -2.35. The van der Waals surface area contributed by atoms with E-state index in [1.54, 1.807) is 0 Å². The fourth-order valence-corrected chi connectivity index (χ4v) is 3.26. The normalized spacial score (nSPS) is 22.8. The van der Waals surface area contributed by atoms with Gasteiger partial charge >= 0.3 is 19.2 Å². The standard InChI is InChI=1S/C17H17F4NO4/c1-24-14(23)10-3-2-6-17(8-10,9-22)11-4-5-12(25-15(18)19)13(7-11)26-16(20)21/h4-5,7,10,15-16H,2-3,6,8H2,1H3/t10-,17-/m1/s1. The third-order valence-corrected chi connectivity index (χ3v) is 4.43. The zero-order valence-electron chi connectivity index (χ0n) is 13.9. The average Bonchev–Trinajstić information content (AvgIpc) is 2.61. The van der Waals surface area contributed by atoms with Gasteiger partial charge in [0.2, 0.25) is 0 Å². The van der Waals surface area contributed by atoms with E-state index in [0.717, 1.165) is 12.1 Å². The molecule has 1 fully saturated rings. The van der Waals surface area contributed by atoms with Gasteiger partial charge in [-0.2, -0.15) is 22.8 Å². The van der Waals surface area contributed by atoms with Crippen molar-refractivity contribution in [2.24, 2.45) is 5.92 Å². The average molecular weight is 375 g/mol. The molecule has 0 spiro atoms. The summed E-state index contributed by atoms with van der Waals surface area (Å²) < 4.78 is 63.3. The fourth-order valence-electron chi connectivity index (χ4n) is 3.26. The van der Waals surface area contributed by atoms with E-state index >= 15 is 0 Å². The van der Waals surface area contributed by atoms with Crippen LogP contribution in [0.25, 0.3) is 0 Å². The number of nitriles is 1. The Hall–Kier alpha value is -2.50. The third-order valence-electron chi connectivity index (χ3n) is 4.43.